The molecule has 19 heavy (non-hydrogen) atoms. The summed E-state index contributed by atoms with van der Waals surface area (Å²) >= 11 is 0. The molecule has 3 N–H and O–H groups in total. The summed E-state index contributed by atoms with van der Waals surface area (Å²) in [5, 5.41) is 33.6. The summed E-state index contributed by atoms with van der Waals surface area (Å²) in [4.78, 5) is 22.9. The van der Waals surface area contributed by atoms with E-state index in [2.05, 4.69) is 10.3 Å². The molecule has 1 heterocycles. The first-order chi connectivity index (χ1) is 8.68. The summed E-state index contributed by atoms with van der Waals surface area (Å²) in [7, 11) is 0. The Kier molecular flexibility index (Phi) is 4.00. The van der Waals surface area contributed by atoms with Crippen molar-refractivity contribution in [1.29, 1.82) is 0 Å². The zero-order valence-electron chi connectivity index (χ0n) is 10.8. The molecule has 9 heteroatoms. The van der Waals surface area contributed by atoms with E-state index in [-0.39, 0.29) is 23.8 Å². The van der Waals surface area contributed by atoms with Crippen molar-refractivity contribution in [2.75, 3.05) is 11.9 Å². The van der Waals surface area contributed by atoms with Crippen LogP contribution in [0.3, 0.4) is 0 Å². The van der Waals surface area contributed by atoms with Gasteiger partial charge in [-0.1, -0.05) is 0 Å². The number of nitrogens with one attached hydrogen (secondary N) is 2. The van der Waals surface area contributed by atoms with Gasteiger partial charge in [0.15, 0.2) is 5.69 Å². The number of aliphatic hydroxyl groups excluding tert-OH is 1. The Morgan fingerprint density at radius 2 is 1.84 bits per heavy atom. The van der Waals surface area contributed by atoms with Crippen LogP contribution < -0.4 is 10.3 Å². The van der Waals surface area contributed by atoms with Crippen LogP contribution >= 0.6 is 0 Å². The molecule has 0 spiro atoms. The van der Waals surface area contributed by atoms with Crippen LogP contribution in [0.1, 0.15) is 19.5 Å². The Labute approximate surface area is 108 Å². The maximum Gasteiger partial charge on any atom is 0.364 e. The molecule has 0 unspecified atom stereocenters. The second-order valence-electron chi connectivity index (χ2n) is 4.72. The number of hydrogen-bond donors (Lipinski definition) is 2. The largest absolute Gasteiger partial charge is 0.392 e. The minimum absolute atomic E-state index is 0.0205. The molecule has 104 valence electrons. The van der Waals surface area contributed by atoms with E-state index in [1.165, 1.54) is 6.92 Å². The van der Waals surface area contributed by atoms with Gasteiger partial charge < -0.3 is 5.11 Å². The lowest BCUT2D eigenvalue weighted by Crippen LogP contribution is -2.38. The molecule has 0 bridgehead atoms. The zero-order chi connectivity index (χ0) is 14.8. The standard InChI is InChI=1S/C10H14N4O5/c1-6-7(13(16)17)4-8(14(18)19)9(11-6)12-10(2,3)5-15/h4,15H,5H2,1-3H3,(H,11,12)/p+1. The number of nitrogens with zero attached hydrogens (tertiary/aromatic N) is 2. The molecule has 0 aliphatic carbocycles. The first-order valence-electron chi connectivity index (χ1n) is 5.42. The van der Waals surface area contributed by atoms with E-state index < -0.39 is 21.1 Å². The van der Waals surface area contributed by atoms with Gasteiger partial charge in [0, 0.05) is 6.92 Å². The number of aromatic amines is 1. The first-order valence-corrected chi connectivity index (χ1v) is 5.42. The fourth-order valence-electron chi connectivity index (χ4n) is 1.43. The fraction of sp³-hybridized carbons (Fsp3) is 0.500. The monoisotopic (exact) mass is 271 g/mol. The molecular weight excluding hydrogens is 256 g/mol. The number of pyridine rings is 1. The summed E-state index contributed by atoms with van der Waals surface area (Å²) in [5.41, 5.74) is -1.42. The molecule has 1 aromatic rings. The number of H-pyrrole nitrogens is 1. The highest BCUT2D eigenvalue weighted by atomic mass is 16.6. The van der Waals surface area contributed by atoms with Crippen LogP contribution in [-0.4, -0.2) is 27.1 Å². The molecule has 0 saturated heterocycles. The van der Waals surface area contributed by atoms with Crippen LogP contribution in [0, 0.1) is 27.2 Å². The molecule has 0 aliphatic rings. The minimum atomic E-state index is -0.802. The van der Waals surface area contributed by atoms with Crippen molar-refractivity contribution in [2.45, 2.75) is 26.3 Å². The molecule has 0 saturated carbocycles. The molecule has 9 nitrogen and oxygen atoms in total. The molecule has 1 aromatic heterocycles. The van der Waals surface area contributed by atoms with Crippen molar-refractivity contribution in [3.8, 4) is 0 Å². The smallest absolute Gasteiger partial charge is 0.364 e. The summed E-state index contributed by atoms with van der Waals surface area (Å²) in [5.74, 6) is 0.0205. The number of anilines is 1. The van der Waals surface area contributed by atoms with Crippen LogP contribution in [0.5, 0.6) is 0 Å². The van der Waals surface area contributed by atoms with E-state index in [0.29, 0.717) is 0 Å². The third-order valence-electron chi connectivity index (χ3n) is 2.48. The Morgan fingerprint density at radius 3 is 2.26 bits per heavy atom. The predicted octanol–water partition coefficient (Wildman–Crippen LogP) is 0.808. The molecule has 0 aromatic carbocycles. The summed E-state index contributed by atoms with van der Waals surface area (Å²) in [6, 6.07) is 0.890. The summed E-state index contributed by atoms with van der Waals surface area (Å²) in [6.45, 7) is 4.47. The van der Waals surface area contributed by atoms with Gasteiger partial charge in [0.2, 0.25) is 0 Å². The van der Waals surface area contributed by atoms with Crippen LogP contribution in [0.15, 0.2) is 6.07 Å². The lowest BCUT2D eigenvalue weighted by Gasteiger charge is -2.17. The quantitative estimate of drug-likeness (QED) is 0.601. The second-order valence-corrected chi connectivity index (χ2v) is 4.72. The van der Waals surface area contributed by atoms with E-state index >= 15 is 0 Å². The number of nitro groups is 2. The molecule has 0 aliphatic heterocycles. The zero-order valence-corrected chi connectivity index (χ0v) is 10.8. The van der Waals surface area contributed by atoms with Gasteiger partial charge in [-0.3, -0.25) is 25.5 Å². The van der Waals surface area contributed by atoms with E-state index in [1.807, 2.05) is 0 Å². The fourth-order valence-corrected chi connectivity index (χ4v) is 1.43. The third-order valence-corrected chi connectivity index (χ3v) is 2.48. The van der Waals surface area contributed by atoms with Gasteiger partial charge in [0.1, 0.15) is 11.6 Å². The Morgan fingerprint density at radius 1 is 1.32 bits per heavy atom. The van der Waals surface area contributed by atoms with E-state index in [1.54, 1.807) is 13.8 Å². The third kappa shape index (κ3) is 3.35. The predicted molar refractivity (Wildman–Crippen MR) is 65.8 cm³/mol. The Balaban J connectivity index is 3.35. The Bertz CT molecular complexity index is 529. The lowest BCUT2D eigenvalue weighted by atomic mass is 10.1. The van der Waals surface area contributed by atoms with Gasteiger partial charge in [0.05, 0.1) is 16.5 Å². The van der Waals surface area contributed by atoms with E-state index in [0.717, 1.165) is 6.07 Å². The maximum atomic E-state index is 10.9. The minimum Gasteiger partial charge on any atom is -0.392 e. The highest BCUT2D eigenvalue weighted by molar-refractivity contribution is 5.57. The van der Waals surface area contributed by atoms with Crippen LogP contribution in [0.25, 0.3) is 0 Å². The van der Waals surface area contributed by atoms with E-state index in [4.69, 9.17) is 5.11 Å². The van der Waals surface area contributed by atoms with Crippen molar-refractivity contribution in [3.05, 3.63) is 32.0 Å². The molecule has 1 rings (SSSR count). The number of aliphatic hydroxyl groups is 1. The normalized spacial score (nSPS) is 11.2. The van der Waals surface area contributed by atoms with E-state index in [9.17, 15) is 20.2 Å². The van der Waals surface area contributed by atoms with Crippen molar-refractivity contribution in [1.82, 2.24) is 0 Å². The van der Waals surface area contributed by atoms with Crippen molar-refractivity contribution >= 4 is 17.2 Å². The molecule has 0 radical (unpaired) electrons. The number of rotatable bonds is 5. The highest BCUT2D eigenvalue weighted by Gasteiger charge is 2.33. The van der Waals surface area contributed by atoms with Crippen LogP contribution in [0.4, 0.5) is 17.2 Å². The van der Waals surface area contributed by atoms with Crippen molar-refractivity contribution < 1.29 is 19.9 Å². The lowest BCUT2D eigenvalue weighted by molar-refractivity contribution is -0.435. The van der Waals surface area contributed by atoms with Gasteiger partial charge in [-0.05, 0) is 13.8 Å². The number of aromatic nitrogens is 1. The van der Waals surface area contributed by atoms with Gasteiger partial charge >= 0.3 is 17.2 Å². The summed E-state index contributed by atoms with van der Waals surface area (Å²) < 4.78 is 0. The van der Waals surface area contributed by atoms with Gasteiger partial charge in [-0.2, -0.15) is 0 Å². The first kappa shape index (κ1) is 14.8. The topological polar surface area (TPSA) is 133 Å². The highest BCUT2D eigenvalue weighted by Crippen LogP contribution is 2.27. The van der Waals surface area contributed by atoms with Crippen molar-refractivity contribution in [3.63, 3.8) is 0 Å². The second kappa shape index (κ2) is 5.14. The number of hydrogen-bond acceptors (Lipinski definition) is 6. The number of aryl methyl sites for hydroxylation is 1. The average molecular weight is 271 g/mol. The molecule has 0 atom stereocenters. The van der Waals surface area contributed by atoms with Gasteiger partial charge in [0.25, 0.3) is 0 Å². The molecule has 0 amide bonds. The van der Waals surface area contributed by atoms with Crippen LogP contribution in [-0.2, 0) is 0 Å². The summed E-state index contributed by atoms with van der Waals surface area (Å²) in [6.07, 6.45) is 0. The van der Waals surface area contributed by atoms with Crippen LogP contribution in [0.2, 0.25) is 0 Å². The van der Waals surface area contributed by atoms with Gasteiger partial charge in [-0.25, -0.2) is 4.98 Å². The van der Waals surface area contributed by atoms with Crippen molar-refractivity contribution in [2.24, 2.45) is 0 Å². The SMILES string of the molecule is Cc1[nH+]c(NC(C)(C)CO)c([N+](=O)[O-])cc1[N+](=O)[O-]. The average Bonchev–Trinajstić information content (AvgIpc) is 2.27. The molecule has 0 fully saturated rings. The molecular formula is C10H15N4O5+. The maximum absolute atomic E-state index is 10.9. The Hall–Kier alpha value is -2.29. The van der Waals surface area contributed by atoms with Gasteiger partial charge in [-0.15, -0.1) is 0 Å².